The van der Waals surface area contributed by atoms with Gasteiger partial charge in [0, 0.05) is 29.6 Å². The molecule has 1 N–H and O–H groups in total. The Hall–Kier alpha value is -2.23. The number of likely N-dealkylation sites (N-methyl/N-ethyl adjacent to an activating group) is 1. The second-order valence-electron chi connectivity index (χ2n) is 5.05. The van der Waals surface area contributed by atoms with Crippen molar-refractivity contribution in [2.24, 2.45) is 0 Å². The van der Waals surface area contributed by atoms with Crippen molar-refractivity contribution in [3.8, 4) is 5.75 Å². The monoisotopic (exact) mass is 287 g/mol. The number of carbonyl (C=O) groups is 1. The van der Waals surface area contributed by atoms with E-state index in [9.17, 15) is 4.79 Å². The lowest BCUT2D eigenvalue weighted by Gasteiger charge is -2.14. The first kappa shape index (κ1) is 15.2. The van der Waals surface area contributed by atoms with Crippen LogP contribution in [0.3, 0.4) is 0 Å². The van der Waals surface area contributed by atoms with E-state index < -0.39 is 0 Å². The van der Waals surface area contributed by atoms with Gasteiger partial charge in [0.1, 0.15) is 11.3 Å². The van der Waals surface area contributed by atoms with Crippen LogP contribution in [0.5, 0.6) is 5.75 Å². The van der Waals surface area contributed by atoms with Crippen LogP contribution in [0.25, 0.3) is 16.5 Å². The second-order valence-corrected chi connectivity index (χ2v) is 5.05. The molecule has 112 valence electrons. The molecule has 2 aromatic rings. The highest BCUT2D eigenvalue weighted by Crippen LogP contribution is 2.37. The van der Waals surface area contributed by atoms with Crippen molar-refractivity contribution in [3.05, 3.63) is 35.1 Å². The summed E-state index contributed by atoms with van der Waals surface area (Å²) in [6, 6.07) is 2.03. The van der Waals surface area contributed by atoms with Gasteiger partial charge in [-0.3, -0.25) is 4.79 Å². The molecule has 2 rings (SSSR count). The molecule has 4 heteroatoms. The van der Waals surface area contributed by atoms with Gasteiger partial charge in [0.2, 0.25) is 5.91 Å². The first-order chi connectivity index (χ1) is 9.99. The summed E-state index contributed by atoms with van der Waals surface area (Å²) >= 11 is 0. The average Bonchev–Trinajstić information content (AvgIpc) is 2.83. The summed E-state index contributed by atoms with van der Waals surface area (Å²) in [6.45, 7) is 8.40. The van der Waals surface area contributed by atoms with Crippen LogP contribution in [-0.4, -0.2) is 19.6 Å². The van der Waals surface area contributed by atoms with E-state index in [4.69, 9.17) is 9.15 Å². The quantitative estimate of drug-likeness (QED) is 0.874. The van der Waals surface area contributed by atoms with Crippen molar-refractivity contribution >= 4 is 22.4 Å². The normalized spacial score (nSPS) is 11.8. The zero-order valence-electron chi connectivity index (χ0n) is 13.2. The molecule has 0 aliphatic rings. The number of aryl methyl sites for hydroxylation is 2. The van der Waals surface area contributed by atoms with Crippen molar-refractivity contribution < 1.29 is 13.9 Å². The molecule has 0 bridgehead atoms. The minimum absolute atomic E-state index is 0.128. The minimum atomic E-state index is -0.128. The minimum Gasteiger partial charge on any atom is -0.493 e. The Kier molecular flexibility index (Phi) is 4.36. The maximum Gasteiger partial charge on any atom is 0.244 e. The number of fused-ring (bicyclic) bond motifs is 1. The highest BCUT2D eigenvalue weighted by Gasteiger charge is 2.17. The number of ether oxygens (including phenoxy) is 1. The van der Waals surface area contributed by atoms with E-state index in [-0.39, 0.29) is 5.91 Å². The number of furan rings is 1. The fourth-order valence-corrected chi connectivity index (χ4v) is 2.41. The van der Waals surface area contributed by atoms with Gasteiger partial charge in [-0.05, 0) is 44.9 Å². The summed E-state index contributed by atoms with van der Waals surface area (Å²) in [7, 11) is 1.62. The SMILES string of the molecule is CCOc1c(/C(C)=C/C(=O)NC)cc2c(C)coc2c1C. The lowest BCUT2D eigenvalue weighted by molar-refractivity contribution is -0.116. The zero-order chi connectivity index (χ0) is 15.6. The van der Waals surface area contributed by atoms with Gasteiger partial charge >= 0.3 is 0 Å². The summed E-state index contributed by atoms with van der Waals surface area (Å²) in [5.41, 5.74) is 4.66. The van der Waals surface area contributed by atoms with Crippen LogP contribution in [0.2, 0.25) is 0 Å². The smallest absolute Gasteiger partial charge is 0.244 e. The lowest BCUT2D eigenvalue weighted by Crippen LogP contribution is -2.14. The number of hydrogen-bond acceptors (Lipinski definition) is 3. The Labute approximate surface area is 124 Å². The molecular weight excluding hydrogens is 266 g/mol. The summed E-state index contributed by atoms with van der Waals surface area (Å²) in [4.78, 5) is 11.6. The Balaban J connectivity index is 2.70. The molecule has 0 saturated carbocycles. The summed E-state index contributed by atoms with van der Waals surface area (Å²) < 4.78 is 11.4. The van der Waals surface area contributed by atoms with Gasteiger partial charge in [-0.1, -0.05) is 0 Å². The van der Waals surface area contributed by atoms with E-state index in [0.717, 1.165) is 39.0 Å². The molecular formula is C17H21NO3. The van der Waals surface area contributed by atoms with Gasteiger partial charge in [-0.25, -0.2) is 0 Å². The van der Waals surface area contributed by atoms with E-state index in [2.05, 4.69) is 5.32 Å². The third-order valence-corrected chi connectivity index (χ3v) is 3.55. The highest BCUT2D eigenvalue weighted by atomic mass is 16.5. The predicted molar refractivity (Wildman–Crippen MR) is 84.6 cm³/mol. The van der Waals surface area contributed by atoms with Crippen molar-refractivity contribution in [1.82, 2.24) is 5.32 Å². The molecule has 0 saturated heterocycles. The topological polar surface area (TPSA) is 51.5 Å². The van der Waals surface area contributed by atoms with Gasteiger partial charge in [0.15, 0.2) is 0 Å². The molecule has 1 aromatic carbocycles. The summed E-state index contributed by atoms with van der Waals surface area (Å²) in [5, 5.41) is 3.65. The van der Waals surface area contributed by atoms with E-state index >= 15 is 0 Å². The molecule has 1 aromatic heterocycles. The fourth-order valence-electron chi connectivity index (χ4n) is 2.41. The number of hydrogen-bond donors (Lipinski definition) is 1. The molecule has 0 spiro atoms. The first-order valence-corrected chi connectivity index (χ1v) is 7.04. The number of allylic oxidation sites excluding steroid dienone is 1. The van der Waals surface area contributed by atoms with E-state index in [1.807, 2.05) is 33.8 Å². The van der Waals surface area contributed by atoms with Crippen molar-refractivity contribution in [1.29, 1.82) is 0 Å². The molecule has 0 aliphatic heterocycles. The molecule has 1 amide bonds. The Morgan fingerprint density at radius 2 is 2.14 bits per heavy atom. The Bertz CT molecular complexity index is 710. The predicted octanol–water partition coefficient (Wildman–Crippen LogP) is 3.60. The van der Waals surface area contributed by atoms with Crippen molar-refractivity contribution in [3.63, 3.8) is 0 Å². The van der Waals surface area contributed by atoms with Crippen molar-refractivity contribution in [2.45, 2.75) is 27.7 Å². The van der Waals surface area contributed by atoms with Gasteiger partial charge in [-0.2, -0.15) is 0 Å². The first-order valence-electron chi connectivity index (χ1n) is 7.04. The van der Waals surface area contributed by atoms with E-state index in [1.165, 1.54) is 0 Å². The molecule has 0 atom stereocenters. The molecule has 0 unspecified atom stereocenters. The van der Waals surface area contributed by atoms with Crippen LogP contribution >= 0.6 is 0 Å². The standard InChI is InChI=1S/C17H21NO3/c1-6-20-16-12(4)17-14(11(3)9-21-17)8-13(16)10(2)7-15(19)18-5/h7-9H,6H2,1-5H3,(H,18,19)/b10-7+. The Morgan fingerprint density at radius 1 is 1.43 bits per heavy atom. The number of amides is 1. The molecule has 0 aliphatic carbocycles. The molecule has 0 fully saturated rings. The number of benzene rings is 1. The van der Waals surface area contributed by atoms with Gasteiger partial charge in [0.25, 0.3) is 0 Å². The molecule has 1 heterocycles. The van der Waals surface area contributed by atoms with Gasteiger partial charge in [0.05, 0.1) is 12.9 Å². The van der Waals surface area contributed by atoms with Gasteiger partial charge < -0.3 is 14.5 Å². The van der Waals surface area contributed by atoms with Crippen LogP contribution < -0.4 is 10.1 Å². The number of rotatable bonds is 4. The highest BCUT2D eigenvalue weighted by molar-refractivity contribution is 5.98. The maximum absolute atomic E-state index is 11.6. The number of carbonyl (C=O) groups excluding carboxylic acids is 1. The van der Waals surface area contributed by atoms with Crippen LogP contribution in [0.15, 0.2) is 22.8 Å². The summed E-state index contributed by atoms with van der Waals surface area (Å²) in [6.07, 6.45) is 3.33. The van der Waals surface area contributed by atoms with E-state index in [1.54, 1.807) is 19.4 Å². The number of nitrogens with one attached hydrogen (secondary N) is 1. The Morgan fingerprint density at radius 3 is 2.76 bits per heavy atom. The molecule has 4 nitrogen and oxygen atoms in total. The molecule has 0 radical (unpaired) electrons. The van der Waals surface area contributed by atoms with Gasteiger partial charge in [-0.15, -0.1) is 0 Å². The van der Waals surface area contributed by atoms with Crippen LogP contribution in [-0.2, 0) is 4.79 Å². The lowest BCUT2D eigenvalue weighted by atomic mass is 9.98. The molecule has 21 heavy (non-hydrogen) atoms. The van der Waals surface area contributed by atoms with Crippen LogP contribution in [0.4, 0.5) is 0 Å². The third-order valence-electron chi connectivity index (χ3n) is 3.55. The maximum atomic E-state index is 11.6. The van der Waals surface area contributed by atoms with Crippen LogP contribution in [0.1, 0.15) is 30.5 Å². The summed E-state index contributed by atoms with van der Waals surface area (Å²) in [5.74, 6) is 0.647. The second kappa shape index (κ2) is 6.04. The fraction of sp³-hybridized carbons (Fsp3) is 0.353. The van der Waals surface area contributed by atoms with E-state index in [0.29, 0.717) is 6.61 Å². The van der Waals surface area contributed by atoms with Crippen LogP contribution in [0, 0.1) is 13.8 Å². The largest absolute Gasteiger partial charge is 0.493 e. The third kappa shape index (κ3) is 2.79. The van der Waals surface area contributed by atoms with Crippen molar-refractivity contribution in [2.75, 3.05) is 13.7 Å². The zero-order valence-corrected chi connectivity index (χ0v) is 13.2. The average molecular weight is 287 g/mol.